The Morgan fingerprint density at radius 3 is 3.00 bits per heavy atom. The van der Waals surface area contributed by atoms with Crippen molar-refractivity contribution in [3.63, 3.8) is 0 Å². The fraction of sp³-hybridized carbons (Fsp3) is 1.00. The van der Waals surface area contributed by atoms with E-state index in [2.05, 4.69) is 0 Å². The molecule has 3 unspecified atom stereocenters. The van der Waals surface area contributed by atoms with E-state index in [9.17, 15) is 0 Å². The summed E-state index contributed by atoms with van der Waals surface area (Å²) in [5.74, 6) is 0.956. The van der Waals surface area contributed by atoms with E-state index in [1.807, 2.05) is 0 Å². The third kappa shape index (κ3) is 1.13. The molecule has 0 radical (unpaired) electrons. The zero-order valence-electron chi connectivity index (χ0n) is 5.60. The van der Waals surface area contributed by atoms with Gasteiger partial charge in [-0.3, -0.25) is 0 Å². The van der Waals surface area contributed by atoms with Crippen LogP contribution in [-0.2, 0) is 4.52 Å². The lowest BCUT2D eigenvalue weighted by atomic mass is 9.88. The Morgan fingerprint density at radius 1 is 1.22 bits per heavy atom. The van der Waals surface area contributed by atoms with Crippen LogP contribution in [-0.4, -0.2) is 12.3 Å². The van der Waals surface area contributed by atoms with Gasteiger partial charge in [0, 0.05) is 8.81 Å². The van der Waals surface area contributed by atoms with Gasteiger partial charge in [-0.2, -0.15) is 0 Å². The van der Waals surface area contributed by atoms with Crippen LogP contribution in [0.5, 0.6) is 0 Å². The van der Waals surface area contributed by atoms with Gasteiger partial charge in [-0.05, 0) is 24.9 Å². The maximum absolute atomic E-state index is 5.58. The number of fused-ring (bicyclic) bond motifs is 1. The van der Waals surface area contributed by atoms with E-state index in [-0.39, 0.29) is 0 Å². The molecule has 0 amide bonds. The van der Waals surface area contributed by atoms with Gasteiger partial charge in [0.25, 0.3) is 0 Å². The van der Waals surface area contributed by atoms with Crippen LogP contribution in [0.1, 0.15) is 25.7 Å². The summed E-state index contributed by atoms with van der Waals surface area (Å²) in [5, 5.41) is 0. The minimum Gasteiger partial charge on any atom is -0.359 e. The topological polar surface area (TPSA) is 9.23 Å². The Balaban J connectivity index is 1.97. The van der Waals surface area contributed by atoms with Gasteiger partial charge >= 0.3 is 0 Å². The molecule has 3 atom stereocenters. The molecule has 1 heterocycles. The number of rotatable bonds is 0. The van der Waals surface area contributed by atoms with Crippen molar-refractivity contribution in [1.29, 1.82) is 0 Å². The largest absolute Gasteiger partial charge is 0.359 e. The lowest BCUT2D eigenvalue weighted by molar-refractivity contribution is 0.151. The summed E-state index contributed by atoms with van der Waals surface area (Å²) in [5.41, 5.74) is 0. The molecule has 0 N–H and O–H groups in total. The van der Waals surface area contributed by atoms with Crippen molar-refractivity contribution >= 4 is 8.81 Å². The van der Waals surface area contributed by atoms with E-state index in [4.69, 9.17) is 4.52 Å². The molecule has 0 bridgehead atoms. The molecule has 2 fully saturated rings. The van der Waals surface area contributed by atoms with Crippen molar-refractivity contribution in [1.82, 2.24) is 0 Å². The van der Waals surface area contributed by atoms with Gasteiger partial charge in [0.1, 0.15) is 0 Å². The monoisotopic (exact) mass is 144 g/mol. The maximum Gasteiger partial charge on any atom is 0.0646 e. The van der Waals surface area contributed by atoms with E-state index in [0.717, 1.165) is 14.7 Å². The van der Waals surface area contributed by atoms with E-state index in [1.54, 1.807) is 0 Å². The number of hydrogen-bond donors (Lipinski definition) is 0. The van der Waals surface area contributed by atoms with Crippen molar-refractivity contribution in [3.05, 3.63) is 0 Å². The maximum atomic E-state index is 5.58. The smallest absolute Gasteiger partial charge is 0.0646 e. The van der Waals surface area contributed by atoms with Gasteiger partial charge in [0.2, 0.25) is 0 Å². The molecule has 9 heavy (non-hydrogen) atoms. The Hall–Kier alpha value is 0.390. The predicted octanol–water partition coefficient (Wildman–Crippen LogP) is 2.17. The Kier molecular flexibility index (Phi) is 1.74. The van der Waals surface area contributed by atoms with Gasteiger partial charge in [-0.15, -0.1) is 0 Å². The van der Waals surface area contributed by atoms with Crippen molar-refractivity contribution in [3.8, 4) is 0 Å². The first kappa shape index (κ1) is 6.12. The van der Waals surface area contributed by atoms with Crippen LogP contribution in [0.2, 0.25) is 0 Å². The molecule has 52 valence electrons. The molecule has 1 nitrogen and oxygen atoms in total. The second-order valence-electron chi connectivity index (χ2n) is 3.05. The van der Waals surface area contributed by atoms with Crippen molar-refractivity contribution in [2.24, 2.45) is 5.92 Å². The summed E-state index contributed by atoms with van der Waals surface area (Å²) in [6.07, 6.45) is 7.69. The highest BCUT2D eigenvalue weighted by Crippen LogP contribution is 2.40. The molecular formula is C7H13OP. The highest BCUT2D eigenvalue weighted by atomic mass is 31.1. The summed E-state index contributed by atoms with van der Waals surface area (Å²) in [6.45, 7) is 0. The molecule has 2 rings (SSSR count). The molecule has 1 saturated heterocycles. The Labute approximate surface area is 58.0 Å². The van der Waals surface area contributed by atoms with Gasteiger partial charge in [0.05, 0.1) is 6.10 Å². The molecule has 0 aromatic rings. The highest BCUT2D eigenvalue weighted by Gasteiger charge is 2.30. The molecule has 0 spiro atoms. The molecular weight excluding hydrogens is 131 g/mol. The Bertz CT molecular complexity index is 93.1. The fourth-order valence-corrected chi connectivity index (χ4v) is 3.13. The van der Waals surface area contributed by atoms with Crippen LogP contribution in [0.25, 0.3) is 0 Å². The summed E-state index contributed by atoms with van der Waals surface area (Å²) >= 11 is 0. The zero-order valence-corrected chi connectivity index (χ0v) is 6.60. The van der Waals surface area contributed by atoms with E-state index in [0.29, 0.717) is 6.10 Å². The van der Waals surface area contributed by atoms with Crippen LogP contribution < -0.4 is 0 Å². The van der Waals surface area contributed by atoms with Crippen LogP contribution >= 0.6 is 8.81 Å². The van der Waals surface area contributed by atoms with Crippen LogP contribution in [0.15, 0.2) is 0 Å². The third-order valence-corrected chi connectivity index (χ3v) is 3.58. The van der Waals surface area contributed by atoms with Gasteiger partial charge in [-0.25, -0.2) is 0 Å². The van der Waals surface area contributed by atoms with Crippen molar-refractivity contribution < 1.29 is 4.52 Å². The van der Waals surface area contributed by atoms with E-state index in [1.165, 1.54) is 31.8 Å². The van der Waals surface area contributed by atoms with Gasteiger partial charge in [0.15, 0.2) is 0 Å². The number of hydrogen-bond acceptors (Lipinski definition) is 1. The second kappa shape index (κ2) is 2.56. The minimum atomic E-state index is 0.678. The SMILES string of the molecule is C1CCC2OPCC2C1. The predicted molar refractivity (Wildman–Crippen MR) is 40.0 cm³/mol. The molecule has 0 aromatic carbocycles. The van der Waals surface area contributed by atoms with E-state index < -0.39 is 0 Å². The summed E-state index contributed by atoms with van der Waals surface area (Å²) in [7, 11) is 0.823. The molecule has 2 heteroatoms. The van der Waals surface area contributed by atoms with Crippen molar-refractivity contribution in [2.75, 3.05) is 6.16 Å². The standard InChI is InChI=1S/C7H13OP/c1-2-4-7-6(3-1)5-9-8-7/h6-7,9H,1-5H2. The first-order chi connectivity index (χ1) is 4.47. The average molecular weight is 144 g/mol. The summed E-state index contributed by atoms with van der Waals surface area (Å²) < 4.78 is 5.58. The normalized spacial score (nSPS) is 45.3. The summed E-state index contributed by atoms with van der Waals surface area (Å²) in [4.78, 5) is 0. The van der Waals surface area contributed by atoms with Crippen LogP contribution in [0, 0.1) is 5.92 Å². The van der Waals surface area contributed by atoms with Crippen LogP contribution in [0.4, 0.5) is 0 Å². The lowest BCUT2D eigenvalue weighted by Gasteiger charge is -2.22. The second-order valence-corrected chi connectivity index (χ2v) is 3.98. The lowest BCUT2D eigenvalue weighted by Crippen LogP contribution is -2.21. The molecule has 1 saturated carbocycles. The fourth-order valence-electron chi connectivity index (χ4n) is 1.82. The van der Waals surface area contributed by atoms with Crippen LogP contribution in [0.3, 0.4) is 0 Å². The Morgan fingerprint density at radius 2 is 2.11 bits per heavy atom. The van der Waals surface area contributed by atoms with Gasteiger partial charge < -0.3 is 4.52 Å². The van der Waals surface area contributed by atoms with Gasteiger partial charge in [-0.1, -0.05) is 12.8 Å². The van der Waals surface area contributed by atoms with Crippen molar-refractivity contribution in [2.45, 2.75) is 31.8 Å². The molecule has 1 aliphatic heterocycles. The van der Waals surface area contributed by atoms with E-state index >= 15 is 0 Å². The highest BCUT2D eigenvalue weighted by molar-refractivity contribution is 7.32. The quantitative estimate of drug-likeness (QED) is 0.473. The zero-order chi connectivity index (χ0) is 6.10. The molecule has 2 aliphatic rings. The first-order valence-corrected chi connectivity index (χ1v) is 4.97. The molecule has 1 aliphatic carbocycles. The average Bonchev–Trinajstić information content (AvgIpc) is 2.33. The molecule has 0 aromatic heterocycles. The summed E-state index contributed by atoms with van der Waals surface area (Å²) in [6, 6.07) is 0. The first-order valence-electron chi connectivity index (χ1n) is 3.85. The minimum absolute atomic E-state index is 0.678. The third-order valence-electron chi connectivity index (χ3n) is 2.42.